The Labute approximate surface area is 114 Å². The van der Waals surface area contributed by atoms with Crippen molar-refractivity contribution in [2.75, 3.05) is 6.54 Å². The second-order valence-corrected chi connectivity index (χ2v) is 4.82. The van der Waals surface area contributed by atoms with E-state index >= 15 is 0 Å². The van der Waals surface area contributed by atoms with E-state index in [4.69, 9.17) is 0 Å². The lowest BCUT2D eigenvalue weighted by Gasteiger charge is -2.33. The third kappa shape index (κ3) is 3.47. The van der Waals surface area contributed by atoms with Crippen LogP contribution in [0.2, 0.25) is 0 Å². The molecule has 0 spiro atoms. The largest absolute Gasteiger partial charge is 0.508 e. The molecule has 0 aromatic heterocycles. The summed E-state index contributed by atoms with van der Waals surface area (Å²) in [5.41, 5.74) is 1.48. The molecule has 1 fully saturated rings. The van der Waals surface area contributed by atoms with Crippen molar-refractivity contribution in [3.05, 3.63) is 29.3 Å². The van der Waals surface area contributed by atoms with E-state index in [1.807, 2.05) is 0 Å². The van der Waals surface area contributed by atoms with Crippen LogP contribution in [0.25, 0.3) is 0 Å². The van der Waals surface area contributed by atoms with Gasteiger partial charge in [-0.3, -0.25) is 9.69 Å². The van der Waals surface area contributed by atoms with Gasteiger partial charge in [0.25, 0.3) is 0 Å². The van der Waals surface area contributed by atoms with Crippen LogP contribution < -0.4 is 0 Å². The van der Waals surface area contributed by atoms with Gasteiger partial charge in [0.1, 0.15) is 12.0 Å². The molecule has 1 aliphatic rings. The summed E-state index contributed by atoms with van der Waals surface area (Å²) in [6.07, 6.45) is 4.55. The van der Waals surface area contributed by atoms with Gasteiger partial charge in [0.2, 0.25) is 0 Å². The quantitative estimate of drug-likeness (QED) is 0.858. The lowest BCUT2D eigenvalue weighted by Crippen LogP contribution is -2.36. The smallest absolute Gasteiger partial charge is 0.150 e. The molecule has 1 unspecified atom stereocenters. The maximum absolute atomic E-state index is 10.7. The lowest BCUT2D eigenvalue weighted by atomic mass is 10.0. The number of hydrogen-bond acceptors (Lipinski definition) is 3. The normalized spacial score (nSPS) is 20.2. The van der Waals surface area contributed by atoms with Crippen molar-refractivity contribution in [2.45, 2.75) is 38.8 Å². The summed E-state index contributed by atoms with van der Waals surface area (Å²) in [4.78, 5) is 13.1. The van der Waals surface area contributed by atoms with Crippen LogP contribution >= 0.6 is 12.4 Å². The first-order valence-electron chi connectivity index (χ1n) is 6.22. The fourth-order valence-corrected chi connectivity index (χ4v) is 2.42. The Balaban J connectivity index is 0.00000162. The van der Waals surface area contributed by atoms with E-state index in [1.54, 1.807) is 18.2 Å². The van der Waals surface area contributed by atoms with Crippen molar-refractivity contribution in [3.8, 4) is 5.75 Å². The van der Waals surface area contributed by atoms with Crippen molar-refractivity contribution >= 4 is 18.7 Å². The Morgan fingerprint density at radius 3 is 2.89 bits per heavy atom. The number of phenols is 1. The third-order valence-electron chi connectivity index (χ3n) is 3.55. The molecule has 1 atom stereocenters. The van der Waals surface area contributed by atoms with Crippen LogP contribution in [0.5, 0.6) is 5.75 Å². The predicted octanol–water partition coefficient (Wildman–Crippen LogP) is 3.00. The molecule has 1 aliphatic heterocycles. The minimum absolute atomic E-state index is 0. The van der Waals surface area contributed by atoms with Crippen molar-refractivity contribution in [3.63, 3.8) is 0 Å². The monoisotopic (exact) mass is 269 g/mol. The Hall–Kier alpha value is -1.06. The molecule has 2 rings (SSSR count). The van der Waals surface area contributed by atoms with Crippen LogP contribution in [0.3, 0.4) is 0 Å². The van der Waals surface area contributed by atoms with Crippen LogP contribution in [0.1, 0.15) is 42.1 Å². The van der Waals surface area contributed by atoms with E-state index in [0.717, 1.165) is 24.9 Å². The van der Waals surface area contributed by atoms with E-state index < -0.39 is 0 Å². The van der Waals surface area contributed by atoms with Crippen molar-refractivity contribution < 1.29 is 9.90 Å². The Morgan fingerprint density at radius 1 is 1.44 bits per heavy atom. The summed E-state index contributed by atoms with van der Waals surface area (Å²) < 4.78 is 0. The number of piperidine rings is 1. The molecule has 18 heavy (non-hydrogen) atoms. The average Bonchev–Trinajstić information content (AvgIpc) is 2.35. The molecule has 4 heteroatoms. The highest BCUT2D eigenvalue weighted by Crippen LogP contribution is 2.24. The topological polar surface area (TPSA) is 40.5 Å². The summed E-state index contributed by atoms with van der Waals surface area (Å²) >= 11 is 0. The van der Waals surface area contributed by atoms with Crippen LogP contribution in [-0.2, 0) is 6.54 Å². The van der Waals surface area contributed by atoms with Crippen molar-refractivity contribution in [1.82, 2.24) is 4.90 Å². The highest BCUT2D eigenvalue weighted by atomic mass is 35.5. The zero-order chi connectivity index (χ0) is 12.3. The number of carbonyl (C=O) groups is 1. The lowest BCUT2D eigenvalue weighted by molar-refractivity contribution is 0.112. The van der Waals surface area contributed by atoms with E-state index in [-0.39, 0.29) is 18.2 Å². The van der Waals surface area contributed by atoms with Crippen LogP contribution in [0.4, 0.5) is 0 Å². The molecule has 1 heterocycles. The summed E-state index contributed by atoms with van der Waals surface area (Å²) in [6.45, 7) is 4.03. The fraction of sp³-hybridized carbons (Fsp3) is 0.500. The molecule has 3 nitrogen and oxygen atoms in total. The van der Waals surface area contributed by atoms with Gasteiger partial charge < -0.3 is 5.11 Å². The Kier molecular flexibility index (Phi) is 5.63. The first-order valence-corrected chi connectivity index (χ1v) is 6.22. The molecule has 0 saturated carbocycles. The molecule has 0 aliphatic carbocycles. The molecule has 1 aromatic carbocycles. The number of phenolic OH excluding ortho intramolecular Hbond substituents is 1. The van der Waals surface area contributed by atoms with Crippen molar-refractivity contribution in [1.29, 1.82) is 0 Å². The zero-order valence-electron chi connectivity index (χ0n) is 10.6. The Bertz CT molecular complexity index is 409. The molecule has 0 radical (unpaired) electrons. The van der Waals surface area contributed by atoms with Gasteiger partial charge in [0, 0.05) is 23.7 Å². The molecule has 1 saturated heterocycles. The van der Waals surface area contributed by atoms with Gasteiger partial charge in [0.15, 0.2) is 0 Å². The third-order valence-corrected chi connectivity index (χ3v) is 3.55. The number of carbonyl (C=O) groups excluding carboxylic acids is 1. The predicted molar refractivity (Wildman–Crippen MR) is 74.5 cm³/mol. The second-order valence-electron chi connectivity index (χ2n) is 4.82. The second kappa shape index (κ2) is 6.76. The standard InChI is InChI=1S/C14H19NO2.ClH/c1-11-4-2-3-7-15(11)9-13-8-12(10-16)5-6-14(13)17;/h5-6,8,10-11,17H,2-4,7,9H2,1H3;1H. The highest BCUT2D eigenvalue weighted by Gasteiger charge is 2.19. The van der Waals surface area contributed by atoms with Gasteiger partial charge in [-0.1, -0.05) is 6.42 Å². The number of rotatable bonds is 3. The van der Waals surface area contributed by atoms with E-state index in [1.165, 1.54) is 19.3 Å². The maximum Gasteiger partial charge on any atom is 0.150 e. The molecule has 1 N–H and O–H groups in total. The summed E-state index contributed by atoms with van der Waals surface area (Å²) in [5.74, 6) is 0.286. The SMILES string of the molecule is CC1CCCCN1Cc1cc(C=O)ccc1O.Cl. The van der Waals surface area contributed by atoms with Gasteiger partial charge in [0.05, 0.1) is 0 Å². The van der Waals surface area contributed by atoms with Crippen LogP contribution in [0, 0.1) is 0 Å². The molecule has 0 bridgehead atoms. The van der Waals surface area contributed by atoms with E-state index in [2.05, 4.69) is 11.8 Å². The fourth-order valence-electron chi connectivity index (χ4n) is 2.42. The molecule has 1 aromatic rings. The first kappa shape index (κ1) is 15.0. The van der Waals surface area contributed by atoms with Gasteiger partial charge in [-0.25, -0.2) is 0 Å². The summed E-state index contributed by atoms with van der Waals surface area (Å²) in [5, 5.41) is 9.80. The number of nitrogens with zero attached hydrogens (tertiary/aromatic N) is 1. The first-order chi connectivity index (χ1) is 8.20. The number of likely N-dealkylation sites (tertiary alicyclic amines) is 1. The molecule has 0 amide bonds. The van der Waals surface area contributed by atoms with Gasteiger partial charge in [-0.15, -0.1) is 12.4 Å². The average molecular weight is 270 g/mol. The van der Waals surface area contributed by atoms with Gasteiger partial charge in [-0.05, 0) is 44.5 Å². The number of aromatic hydroxyl groups is 1. The highest BCUT2D eigenvalue weighted by molar-refractivity contribution is 5.85. The minimum Gasteiger partial charge on any atom is -0.508 e. The molecule has 100 valence electrons. The van der Waals surface area contributed by atoms with Gasteiger partial charge >= 0.3 is 0 Å². The summed E-state index contributed by atoms with van der Waals surface area (Å²) in [6, 6.07) is 5.59. The van der Waals surface area contributed by atoms with Crippen LogP contribution in [-0.4, -0.2) is 28.9 Å². The maximum atomic E-state index is 10.7. The Morgan fingerprint density at radius 2 is 2.22 bits per heavy atom. The number of benzene rings is 1. The van der Waals surface area contributed by atoms with Crippen LogP contribution in [0.15, 0.2) is 18.2 Å². The zero-order valence-corrected chi connectivity index (χ0v) is 11.4. The molecular formula is C14H20ClNO2. The van der Waals surface area contributed by atoms with E-state index in [0.29, 0.717) is 11.6 Å². The molecular weight excluding hydrogens is 250 g/mol. The minimum atomic E-state index is 0. The van der Waals surface area contributed by atoms with Gasteiger partial charge in [-0.2, -0.15) is 0 Å². The van der Waals surface area contributed by atoms with Crippen molar-refractivity contribution in [2.24, 2.45) is 0 Å². The number of aldehydes is 1. The number of hydrogen-bond donors (Lipinski definition) is 1. The van der Waals surface area contributed by atoms with E-state index in [9.17, 15) is 9.90 Å². The number of halogens is 1. The summed E-state index contributed by atoms with van der Waals surface area (Å²) in [7, 11) is 0.